The van der Waals surface area contributed by atoms with Gasteiger partial charge >= 0.3 is 0 Å². The Labute approximate surface area is 118 Å². The van der Waals surface area contributed by atoms with E-state index in [-0.39, 0.29) is 18.1 Å². The predicted molar refractivity (Wildman–Crippen MR) is 76.2 cm³/mol. The Bertz CT molecular complexity index is 425. The highest BCUT2D eigenvalue weighted by Crippen LogP contribution is 2.25. The fourth-order valence-electron chi connectivity index (χ4n) is 2.27. The van der Waals surface area contributed by atoms with Crippen molar-refractivity contribution in [2.45, 2.75) is 52.2 Å². The van der Waals surface area contributed by atoms with E-state index >= 15 is 0 Å². The summed E-state index contributed by atoms with van der Waals surface area (Å²) in [6.07, 6.45) is 2.45. The number of carbonyl (C=O) groups is 1. The Kier molecular flexibility index (Phi) is 4.93. The monoisotopic (exact) mass is 282 g/mol. The number of hydrogen-bond donors (Lipinski definition) is 1. The van der Waals surface area contributed by atoms with Crippen molar-refractivity contribution in [2.75, 3.05) is 6.61 Å². The van der Waals surface area contributed by atoms with Crippen molar-refractivity contribution in [1.29, 1.82) is 0 Å². The maximum atomic E-state index is 12.2. The molecule has 1 aromatic rings. The highest BCUT2D eigenvalue weighted by molar-refractivity contribution is 7.09. The second kappa shape index (κ2) is 6.48. The number of amides is 1. The van der Waals surface area contributed by atoms with Crippen molar-refractivity contribution in [2.24, 2.45) is 5.92 Å². The lowest BCUT2D eigenvalue weighted by molar-refractivity contribution is -0.130. The van der Waals surface area contributed by atoms with E-state index in [9.17, 15) is 4.79 Å². The molecule has 1 N–H and O–H groups in total. The van der Waals surface area contributed by atoms with Crippen molar-refractivity contribution in [3.63, 3.8) is 0 Å². The summed E-state index contributed by atoms with van der Waals surface area (Å²) in [5.74, 6) is 0.523. The number of hydrogen-bond acceptors (Lipinski definition) is 4. The molecule has 19 heavy (non-hydrogen) atoms. The predicted octanol–water partition coefficient (Wildman–Crippen LogP) is 2.83. The van der Waals surface area contributed by atoms with Crippen molar-refractivity contribution < 1.29 is 9.53 Å². The number of aromatic nitrogens is 1. The first-order valence-corrected chi connectivity index (χ1v) is 7.78. The Morgan fingerprint density at radius 1 is 1.63 bits per heavy atom. The van der Waals surface area contributed by atoms with E-state index in [1.807, 2.05) is 12.3 Å². The van der Waals surface area contributed by atoms with Crippen molar-refractivity contribution in [3.05, 3.63) is 16.1 Å². The van der Waals surface area contributed by atoms with Crippen LogP contribution in [0, 0.1) is 12.8 Å². The zero-order valence-corrected chi connectivity index (χ0v) is 12.6. The van der Waals surface area contributed by atoms with E-state index in [1.165, 1.54) is 0 Å². The number of nitrogens with zero attached hydrogens (tertiary/aromatic N) is 1. The van der Waals surface area contributed by atoms with Gasteiger partial charge in [0.25, 0.3) is 0 Å². The molecule has 1 fully saturated rings. The molecule has 2 atom stereocenters. The third kappa shape index (κ3) is 4.01. The molecule has 0 bridgehead atoms. The molecule has 2 heterocycles. The molecule has 0 radical (unpaired) electrons. The summed E-state index contributed by atoms with van der Waals surface area (Å²) in [7, 11) is 0. The molecule has 5 heteroatoms. The number of nitrogens with one attached hydrogen (secondary N) is 1. The van der Waals surface area contributed by atoms with Crippen LogP contribution in [-0.4, -0.2) is 23.6 Å². The van der Waals surface area contributed by atoms with Gasteiger partial charge in [-0.05, 0) is 32.1 Å². The first-order valence-electron chi connectivity index (χ1n) is 6.90. The van der Waals surface area contributed by atoms with Crippen LogP contribution in [0.15, 0.2) is 5.38 Å². The first-order chi connectivity index (χ1) is 9.06. The average Bonchev–Trinajstić information content (AvgIpc) is 2.97. The first kappa shape index (κ1) is 14.5. The van der Waals surface area contributed by atoms with Crippen LogP contribution in [-0.2, 0) is 9.53 Å². The molecular formula is C14H22N2O2S. The van der Waals surface area contributed by atoms with Gasteiger partial charge in [0.1, 0.15) is 11.1 Å². The minimum absolute atomic E-state index is 0.00963. The van der Waals surface area contributed by atoms with Crippen LogP contribution in [0.25, 0.3) is 0 Å². The van der Waals surface area contributed by atoms with Gasteiger partial charge in [-0.25, -0.2) is 4.98 Å². The number of thiazole rings is 1. The Morgan fingerprint density at radius 3 is 2.95 bits per heavy atom. The molecule has 1 aliphatic heterocycles. The fraction of sp³-hybridized carbons (Fsp3) is 0.714. The lowest BCUT2D eigenvalue weighted by Gasteiger charge is -2.20. The van der Waals surface area contributed by atoms with Gasteiger partial charge in [-0.3, -0.25) is 4.79 Å². The maximum absolute atomic E-state index is 12.2. The second-order valence-electron chi connectivity index (χ2n) is 5.52. The number of ether oxygens (including phenoxy) is 1. The Balaban J connectivity index is 2.03. The smallest absolute Gasteiger partial charge is 0.249 e. The molecule has 0 aliphatic carbocycles. The van der Waals surface area contributed by atoms with Gasteiger partial charge in [0.2, 0.25) is 5.91 Å². The Hall–Kier alpha value is -0.940. The summed E-state index contributed by atoms with van der Waals surface area (Å²) in [4.78, 5) is 16.7. The van der Waals surface area contributed by atoms with Crippen LogP contribution >= 0.6 is 11.3 Å². The van der Waals surface area contributed by atoms with E-state index in [1.54, 1.807) is 11.3 Å². The molecular weight excluding hydrogens is 260 g/mol. The second-order valence-corrected chi connectivity index (χ2v) is 6.41. The van der Waals surface area contributed by atoms with Gasteiger partial charge in [-0.2, -0.15) is 0 Å². The summed E-state index contributed by atoms with van der Waals surface area (Å²) in [6.45, 7) is 7.00. The Morgan fingerprint density at radius 2 is 2.42 bits per heavy atom. The minimum atomic E-state index is -0.268. The van der Waals surface area contributed by atoms with Crippen LogP contribution < -0.4 is 5.32 Å². The fourth-order valence-corrected chi connectivity index (χ4v) is 3.13. The average molecular weight is 282 g/mol. The topological polar surface area (TPSA) is 51.2 Å². The lowest BCUT2D eigenvalue weighted by Crippen LogP contribution is -2.37. The quantitative estimate of drug-likeness (QED) is 0.903. The zero-order valence-electron chi connectivity index (χ0n) is 11.8. The molecule has 0 spiro atoms. The summed E-state index contributed by atoms with van der Waals surface area (Å²) in [5, 5.41) is 6.13. The minimum Gasteiger partial charge on any atom is -0.368 e. The highest BCUT2D eigenvalue weighted by Gasteiger charge is 2.27. The molecule has 1 amide bonds. The normalized spacial score (nSPS) is 20.7. The summed E-state index contributed by atoms with van der Waals surface area (Å²) in [5.41, 5.74) is 1.01. The molecule has 2 unspecified atom stereocenters. The summed E-state index contributed by atoms with van der Waals surface area (Å²) < 4.78 is 5.43. The number of carbonyl (C=O) groups excluding carboxylic acids is 1. The third-order valence-corrected chi connectivity index (χ3v) is 4.26. The number of aryl methyl sites for hydroxylation is 1. The standard InChI is InChI=1S/C14H22N2O2S/c1-9(2)7-11(14-15-10(3)8-19-14)16-13(17)12-5-4-6-18-12/h8-9,11-12H,4-7H2,1-3H3,(H,16,17). The SMILES string of the molecule is Cc1csc(C(CC(C)C)NC(=O)C2CCCO2)n1. The van der Waals surface area contributed by atoms with Crippen molar-refractivity contribution in [3.8, 4) is 0 Å². The molecule has 1 aromatic heterocycles. The summed E-state index contributed by atoms with van der Waals surface area (Å²) in [6, 6.07) is 0.00963. The van der Waals surface area contributed by atoms with Gasteiger partial charge in [-0.15, -0.1) is 11.3 Å². The highest BCUT2D eigenvalue weighted by atomic mass is 32.1. The molecule has 106 valence electrons. The van der Waals surface area contributed by atoms with Crippen LogP contribution in [0.2, 0.25) is 0 Å². The van der Waals surface area contributed by atoms with E-state index in [0.717, 1.165) is 30.0 Å². The van der Waals surface area contributed by atoms with E-state index in [4.69, 9.17) is 4.74 Å². The van der Waals surface area contributed by atoms with Crippen LogP contribution in [0.3, 0.4) is 0 Å². The maximum Gasteiger partial charge on any atom is 0.249 e. The van der Waals surface area contributed by atoms with E-state index < -0.39 is 0 Å². The summed E-state index contributed by atoms with van der Waals surface area (Å²) >= 11 is 1.62. The molecule has 0 saturated carbocycles. The zero-order chi connectivity index (χ0) is 13.8. The van der Waals surface area contributed by atoms with Gasteiger partial charge in [-0.1, -0.05) is 13.8 Å². The lowest BCUT2D eigenvalue weighted by atomic mass is 10.0. The molecule has 0 aromatic carbocycles. The van der Waals surface area contributed by atoms with Gasteiger partial charge in [0, 0.05) is 17.7 Å². The molecule has 1 aliphatic rings. The third-order valence-electron chi connectivity index (χ3n) is 3.18. The molecule has 2 rings (SSSR count). The van der Waals surface area contributed by atoms with Gasteiger partial charge in [0.05, 0.1) is 6.04 Å². The molecule has 4 nitrogen and oxygen atoms in total. The van der Waals surface area contributed by atoms with E-state index in [2.05, 4.69) is 24.1 Å². The number of rotatable bonds is 5. The van der Waals surface area contributed by atoms with E-state index in [0.29, 0.717) is 12.5 Å². The molecule has 1 saturated heterocycles. The van der Waals surface area contributed by atoms with Gasteiger partial charge in [0.15, 0.2) is 0 Å². The van der Waals surface area contributed by atoms with Crippen LogP contribution in [0.4, 0.5) is 0 Å². The van der Waals surface area contributed by atoms with Crippen molar-refractivity contribution in [1.82, 2.24) is 10.3 Å². The van der Waals surface area contributed by atoms with Crippen molar-refractivity contribution >= 4 is 17.2 Å². The van der Waals surface area contributed by atoms with Gasteiger partial charge < -0.3 is 10.1 Å². The largest absolute Gasteiger partial charge is 0.368 e. The van der Waals surface area contributed by atoms with Crippen LogP contribution in [0.1, 0.15) is 49.9 Å². The van der Waals surface area contributed by atoms with Crippen LogP contribution in [0.5, 0.6) is 0 Å².